The second kappa shape index (κ2) is 5.12. The molecule has 0 spiro atoms. The maximum atomic E-state index is 12.5. The topological polar surface area (TPSA) is 72.3 Å². The molecule has 0 radical (unpaired) electrons. The fraction of sp³-hybridized carbons (Fsp3) is 0.357. The number of amides is 1. The van der Waals surface area contributed by atoms with E-state index in [2.05, 4.69) is 6.58 Å². The number of hydrogen-bond donors (Lipinski definition) is 2. The molecular formula is C14H21N3O. The Bertz CT molecular complexity index is 440. The summed E-state index contributed by atoms with van der Waals surface area (Å²) in [6.07, 6.45) is 1.71. The van der Waals surface area contributed by atoms with Gasteiger partial charge in [0.2, 0.25) is 0 Å². The lowest BCUT2D eigenvalue weighted by molar-refractivity contribution is 0.0616. The molecule has 98 valence electrons. The molecule has 0 heterocycles. The number of anilines is 2. The Balaban J connectivity index is 3.13. The molecule has 4 heteroatoms. The van der Waals surface area contributed by atoms with Gasteiger partial charge in [0, 0.05) is 29.0 Å². The molecule has 18 heavy (non-hydrogen) atoms. The Morgan fingerprint density at radius 1 is 1.28 bits per heavy atom. The molecule has 0 saturated heterocycles. The third kappa shape index (κ3) is 3.26. The molecule has 0 aliphatic heterocycles. The zero-order valence-corrected chi connectivity index (χ0v) is 11.2. The van der Waals surface area contributed by atoms with Crippen molar-refractivity contribution < 1.29 is 4.79 Å². The van der Waals surface area contributed by atoms with Gasteiger partial charge in [-0.3, -0.25) is 4.79 Å². The summed E-state index contributed by atoms with van der Waals surface area (Å²) in [6.45, 7) is 10.1. The van der Waals surface area contributed by atoms with E-state index in [9.17, 15) is 4.79 Å². The van der Waals surface area contributed by atoms with E-state index < -0.39 is 0 Å². The van der Waals surface area contributed by atoms with Gasteiger partial charge in [-0.15, -0.1) is 6.58 Å². The van der Waals surface area contributed by atoms with Crippen LogP contribution < -0.4 is 11.5 Å². The molecule has 0 unspecified atom stereocenters. The molecule has 1 amide bonds. The van der Waals surface area contributed by atoms with Crippen molar-refractivity contribution in [1.29, 1.82) is 0 Å². The third-order valence-corrected chi connectivity index (χ3v) is 2.59. The van der Waals surface area contributed by atoms with Crippen molar-refractivity contribution in [3.8, 4) is 0 Å². The Morgan fingerprint density at radius 2 is 1.78 bits per heavy atom. The lowest BCUT2D eigenvalue weighted by atomic mass is 10.0. The van der Waals surface area contributed by atoms with Crippen LogP contribution in [0.2, 0.25) is 0 Å². The highest BCUT2D eigenvalue weighted by Gasteiger charge is 2.26. The summed E-state index contributed by atoms with van der Waals surface area (Å²) in [5, 5.41) is 0. The van der Waals surface area contributed by atoms with E-state index >= 15 is 0 Å². The lowest BCUT2D eigenvalue weighted by Crippen LogP contribution is -2.45. The smallest absolute Gasteiger partial charge is 0.254 e. The maximum absolute atomic E-state index is 12.5. The summed E-state index contributed by atoms with van der Waals surface area (Å²) in [4.78, 5) is 14.2. The van der Waals surface area contributed by atoms with E-state index in [1.165, 1.54) is 0 Å². The predicted octanol–water partition coefficient (Wildman–Crippen LogP) is 2.28. The van der Waals surface area contributed by atoms with E-state index in [4.69, 9.17) is 11.5 Å². The van der Waals surface area contributed by atoms with Gasteiger partial charge in [-0.05, 0) is 39.0 Å². The van der Waals surface area contributed by atoms with E-state index in [0.29, 0.717) is 23.5 Å². The quantitative estimate of drug-likeness (QED) is 0.635. The van der Waals surface area contributed by atoms with Gasteiger partial charge in [0.05, 0.1) is 0 Å². The monoisotopic (exact) mass is 247 g/mol. The molecule has 0 bridgehead atoms. The van der Waals surface area contributed by atoms with Gasteiger partial charge in [0.25, 0.3) is 5.91 Å². The van der Waals surface area contributed by atoms with Crippen LogP contribution in [0.1, 0.15) is 31.1 Å². The first-order valence-electron chi connectivity index (χ1n) is 5.84. The van der Waals surface area contributed by atoms with Gasteiger partial charge >= 0.3 is 0 Å². The van der Waals surface area contributed by atoms with Crippen LogP contribution in [0.3, 0.4) is 0 Å². The summed E-state index contributed by atoms with van der Waals surface area (Å²) in [6, 6.07) is 4.91. The Morgan fingerprint density at radius 3 is 2.17 bits per heavy atom. The van der Waals surface area contributed by atoms with Gasteiger partial charge in [-0.1, -0.05) is 6.08 Å². The highest BCUT2D eigenvalue weighted by molar-refractivity contribution is 5.96. The first-order valence-corrected chi connectivity index (χ1v) is 5.84. The molecule has 1 aromatic carbocycles. The maximum Gasteiger partial charge on any atom is 0.254 e. The molecule has 1 aromatic rings. The molecule has 0 fully saturated rings. The van der Waals surface area contributed by atoms with Crippen LogP contribution in [-0.4, -0.2) is 22.9 Å². The van der Waals surface area contributed by atoms with Crippen LogP contribution in [0.15, 0.2) is 30.9 Å². The van der Waals surface area contributed by atoms with Crippen LogP contribution >= 0.6 is 0 Å². The average molecular weight is 247 g/mol. The summed E-state index contributed by atoms with van der Waals surface area (Å²) >= 11 is 0. The Hall–Kier alpha value is -1.97. The molecule has 0 saturated carbocycles. The number of carbonyl (C=O) groups is 1. The number of carbonyl (C=O) groups excluding carboxylic acids is 1. The standard InChI is InChI=1S/C14H21N3O/c1-5-6-17(14(2,3)4)13(18)10-7-11(15)9-12(16)8-10/h5,7-9H,1,6,15-16H2,2-4H3. The van der Waals surface area contributed by atoms with Gasteiger partial charge in [-0.2, -0.15) is 0 Å². The van der Waals surface area contributed by atoms with Gasteiger partial charge in [0.15, 0.2) is 0 Å². The minimum atomic E-state index is -0.287. The molecule has 1 rings (SSSR count). The molecule has 0 atom stereocenters. The zero-order chi connectivity index (χ0) is 13.9. The first kappa shape index (κ1) is 14.1. The number of nitrogen functional groups attached to an aromatic ring is 2. The number of rotatable bonds is 3. The van der Waals surface area contributed by atoms with E-state index in [1.54, 1.807) is 29.2 Å². The molecule has 0 aliphatic rings. The summed E-state index contributed by atoms with van der Waals surface area (Å²) in [5.74, 6) is -0.0959. The minimum absolute atomic E-state index is 0.0959. The van der Waals surface area contributed by atoms with Gasteiger partial charge in [-0.25, -0.2) is 0 Å². The summed E-state index contributed by atoms with van der Waals surface area (Å²) in [7, 11) is 0. The number of benzene rings is 1. The van der Waals surface area contributed by atoms with Crippen molar-refractivity contribution >= 4 is 17.3 Å². The average Bonchev–Trinajstić information content (AvgIpc) is 2.22. The minimum Gasteiger partial charge on any atom is -0.399 e. The predicted molar refractivity (Wildman–Crippen MR) is 76.3 cm³/mol. The normalized spacial score (nSPS) is 11.1. The van der Waals surface area contributed by atoms with E-state index in [-0.39, 0.29) is 11.4 Å². The molecule has 0 aliphatic carbocycles. The fourth-order valence-electron chi connectivity index (χ4n) is 1.75. The van der Waals surface area contributed by atoms with Crippen molar-refractivity contribution in [2.45, 2.75) is 26.3 Å². The van der Waals surface area contributed by atoms with Gasteiger partial charge in [0.1, 0.15) is 0 Å². The highest BCUT2D eigenvalue weighted by atomic mass is 16.2. The largest absolute Gasteiger partial charge is 0.399 e. The van der Waals surface area contributed by atoms with Crippen LogP contribution in [0.5, 0.6) is 0 Å². The van der Waals surface area contributed by atoms with E-state index in [1.807, 2.05) is 20.8 Å². The Kier molecular flexibility index (Phi) is 4.01. The fourth-order valence-corrected chi connectivity index (χ4v) is 1.75. The number of hydrogen-bond acceptors (Lipinski definition) is 3. The van der Waals surface area contributed by atoms with Gasteiger partial charge < -0.3 is 16.4 Å². The second-order valence-electron chi connectivity index (χ2n) is 5.26. The summed E-state index contributed by atoms with van der Waals surface area (Å²) < 4.78 is 0. The molecule has 4 N–H and O–H groups in total. The van der Waals surface area contributed by atoms with E-state index in [0.717, 1.165) is 0 Å². The summed E-state index contributed by atoms with van der Waals surface area (Å²) in [5.41, 5.74) is 12.6. The number of nitrogens with two attached hydrogens (primary N) is 2. The zero-order valence-electron chi connectivity index (χ0n) is 11.2. The van der Waals surface area contributed by atoms with Crippen LogP contribution in [-0.2, 0) is 0 Å². The molecule has 4 nitrogen and oxygen atoms in total. The van der Waals surface area contributed by atoms with Crippen molar-refractivity contribution in [2.24, 2.45) is 0 Å². The second-order valence-corrected chi connectivity index (χ2v) is 5.26. The molecular weight excluding hydrogens is 226 g/mol. The third-order valence-electron chi connectivity index (χ3n) is 2.59. The van der Waals surface area contributed by atoms with Crippen LogP contribution in [0.25, 0.3) is 0 Å². The van der Waals surface area contributed by atoms with Crippen LogP contribution in [0.4, 0.5) is 11.4 Å². The lowest BCUT2D eigenvalue weighted by Gasteiger charge is -2.35. The Labute approximate surface area is 108 Å². The van der Waals surface area contributed by atoms with Crippen molar-refractivity contribution in [1.82, 2.24) is 4.90 Å². The van der Waals surface area contributed by atoms with Crippen molar-refractivity contribution in [2.75, 3.05) is 18.0 Å². The van der Waals surface area contributed by atoms with Crippen molar-refractivity contribution in [3.05, 3.63) is 36.4 Å². The SMILES string of the molecule is C=CCN(C(=O)c1cc(N)cc(N)c1)C(C)(C)C. The number of nitrogens with zero attached hydrogens (tertiary/aromatic N) is 1. The highest BCUT2D eigenvalue weighted by Crippen LogP contribution is 2.20. The van der Waals surface area contributed by atoms with Crippen molar-refractivity contribution in [3.63, 3.8) is 0 Å². The molecule has 0 aromatic heterocycles. The van der Waals surface area contributed by atoms with Crippen LogP contribution in [0, 0.1) is 0 Å². The first-order chi connectivity index (χ1) is 8.25.